The second kappa shape index (κ2) is 7.65. The van der Waals surface area contributed by atoms with Crippen molar-refractivity contribution in [1.82, 2.24) is 9.78 Å². The summed E-state index contributed by atoms with van der Waals surface area (Å²) >= 11 is 0. The van der Waals surface area contributed by atoms with Crippen molar-refractivity contribution < 1.29 is 9.90 Å². The average Bonchev–Trinajstić information content (AvgIpc) is 2.92. The molecule has 0 saturated heterocycles. The van der Waals surface area contributed by atoms with Crippen molar-refractivity contribution in [3.05, 3.63) is 11.9 Å². The van der Waals surface area contributed by atoms with E-state index in [1.54, 1.807) is 0 Å². The van der Waals surface area contributed by atoms with Crippen LogP contribution in [-0.2, 0) is 11.2 Å². The Morgan fingerprint density at radius 2 is 1.95 bits per heavy atom. The fourth-order valence-electron chi connectivity index (χ4n) is 3.51. The highest BCUT2D eigenvalue weighted by Gasteiger charge is 2.26. The first-order chi connectivity index (χ1) is 10.6. The summed E-state index contributed by atoms with van der Waals surface area (Å²) in [4.78, 5) is 11.0. The van der Waals surface area contributed by atoms with Gasteiger partial charge >= 0.3 is 5.97 Å². The molecule has 1 aliphatic carbocycles. The number of rotatable bonds is 7. The van der Waals surface area contributed by atoms with Crippen LogP contribution in [0.5, 0.6) is 0 Å². The minimum absolute atomic E-state index is 0.156. The van der Waals surface area contributed by atoms with E-state index in [1.165, 1.54) is 5.69 Å². The fraction of sp³-hybridized carbons (Fsp3) is 0.765. The first kappa shape index (κ1) is 16.8. The van der Waals surface area contributed by atoms with E-state index in [9.17, 15) is 4.79 Å². The highest BCUT2D eigenvalue weighted by atomic mass is 16.4. The summed E-state index contributed by atoms with van der Waals surface area (Å²) in [6, 6.07) is 0.841. The molecule has 0 aromatic carbocycles. The monoisotopic (exact) mass is 307 g/mol. The lowest BCUT2D eigenvalue weighted by atomic mass is 9.86. The van der Waals surface area contributed by atoms with Gasteiger partial charge in [-0.15, -0.1) is 0 Å². The third kappa shape index (κ3) is 3.62. The van der Waals surface area contributed by atoms with Gasteiger partial charge in [0.2, 0.25) is 0 Å². The number of nitrogens with one attached hydrogen (secondary N) is 1. The van der Waals surface area contributed by atoms with Crippen LogP contribution in [0.2, 0.25) is 0 Å². The first-order valence-electron chi connectivity index (χ1n) is 8.66. The molecule has 5 nitrogen and oxygen atoms in total. The Morgan fingerprint density at radius 3 is 2.45 bits per heavy atom. The molecule has 0 bridgehead atoms. The summed E-state index contributed by atoms with van der Waals surface area (Å²) in [5.74, 6) is -0.801. The Morgan fingerprint density at radius 1 is 1.32 bits per heavy atom. The number of carboxylic acids is 1. The minimum atomic E-state index is -0.644. The van der Waals surface area contributed by atoms with Crippen molar-refractivity contribution in [2.45, 2.75) is 77.8 Å². The highest BCUT2D eigenvalue weighted by molar-refractivity contribution is 5.70. The molecule has 0 aliphatic heterocycles. The van der Waals surface area contributed by atoms with E-state index in [-0.39, 0.29) is 5.92 Å². The fourth-order valence-corrected chi connectivity index (χ4v) is 3.51. The Hall–Kier alpha value is -1.52. The number of aromatic nitrogens is 2. The summed E-state index contributed by atoms with van der Waals surface area (Å²) in [5, 5.41) is 17.3. The molecule has 0 unspecified atom stereocenters. The molecule has 0 radical (unpaired) electrons. The number of anilines is 1. The maximum absolute atomic E-state index is 11.0. The van der Waals surface area contributed by atoms with Gasteiger partial charge in [-0.2, -0.15) is 5.10 Å². The van der Waals surface area contributed by atoms with Crippen LogP contribution < -0.4 is 5.32 Å². The first-order valence-corrected chi connectivity index (χ1v) is 8.66. The number of hydrogen-bond donors (Lipinski definition) is 2. The minimum Gasteiger partial charge on any atom is -0.481 e. The quantitative estimate of drug-likeness (QED) is 0.802. The van der Waals surface area contributed by atoms with E-state index >= 15 is 0 Å². The predicted molar refractivity (Wildman–Crippen MR) is 88.2 cm³/mol. The zero-order chi connectivity index (χ0) is 16.1. The van der Waals surface area contributed by atoms with Crippen LogP contribution in [0, 0.1) is 5.92 Å². The molecule has 124 valence electrons. The van der Waals surface area contributed by atoms with Crippen molar-refractivity contribution in [3.63, 3.8) is 0 Å². The Labute approximate surface area is 133 Å². The zero-order valence-electron chi connectivity index (χ0n) is 14.0. The second-order valence-electron chi connectivity index (χ2n) is 6.30. The standard InChI is InChI=1S/C17H29N3O2/c1-4-14(5-2)20-16(6-3)15(11-18-20)19-13-9-7-12(8-10-13)17(21)22/h11-14,19H,4-10H2,1-3H3,(H,21,22). The SMILES string of the molecule is CCc1c(NC2CCC(C(=O)O)CC2)cnn1C(CC)CC. The number of carboxylic acid groups (broad SMARTS) is 1. The summed E-state index contributed by atoms with van der Waals surface area (Å²) in [6.07, 6.45) is 8.49. The van der Waals surface area contributed by atoms with Crippen LogP contribution in [0.1, 0.15) is 71.0 Å². The smallest absolute Gasteiger partial charge is 0.306 e. The lowest BCUT2D eigenvalue weighted by Gasteiger charge is -2.27. The van der Waals surface area contributed by atoms with Gasteiger partial charge in [0, 0.05) is 6.04 Å². The van der Waals surface area contributed by atoms with E-state index in [2.05, 4.69) is 35.9 Å². The molecule has 1 aliphatic rings. The lowest BCUT2D eigenvalue weighted by molar-refractivity contribution is -0.142. The van der Waals surface area contributed by atoms with Gasteiger partial charge < -0.3 is 10.4 Å². The highest BCUT2D eigenvalue weighted by Crippen LogP contribution is 2.29. The maximum Gasteiger partial charge on any atom is 0.306 e. The molecule has 1 heterocycles. The molecular weight excluding hydrogens is 278 g/mol. The Bertz CT molecular complexity index is 486. The Kier molecular flexibility index (Phi) is 5.86. The molecule has 0 spiro atoms. The number of aliphatic carboxylic acids is 1. The van der Waals surface area contributed by atoms with Crippen LogP contribution in [0.4, 0.5) is 5.69 Å². The van der Waals surface area contributed by atoms with E-state index in [0.29, 0.717) is 12.1 Å². The van der Waals surface area contributed by atoms with Crippen LogP contribution in [0.3, 0.4) is 0 Å². The van der Waals surface area contributed by atoms with Gasteiger partial charge in [-0.1, -0.05) is 20.8 Å². The molecule has 0 amide bonds. The maximum atomic E-state index is 11.0. The molecule has 5 heteroatoms. The molecule has 1 aromatic heterocycles. The molecule has 2 rings (SSSR count). The number of hydrogen-bond acceptors (Lipinski definition) is 3. The third-order valence-corrected chi connectivity index (χ3v) is 4.96. The molecule has 2 N–H and O–H groups in total. The Balaban J connectivity index is 2.03. The van der Waals surface area contributed by atoms with Crippen LogP contribution in [0.25, 0.3) is 0 Å². The predicted octanol–water partition coefficient (Wildman–Crippen LogP) is 3.86. The number of carbonyl (C=O) groups is 1. The van der Waals surface area contributed by atoms with E-state index in [0.717, 1.165) is 50.6 Å². The van der Waals surface area contributed by atoms with E-state index in [1.807, 2.05) is 6.20 Å². The van der Waals surface area contributed by atoms with Crippen LogP contribution in [-0.4, -0.2) is 26.9 Å². The van der Waals surface area contributed by atoms with Crippen LogP contribution in [0.15, 0.2) is 6.20 Å². The van der Waals surface area contributed by atoms with Crippen molar-refractivity contribution in [3.8, 4) is 0 Å². The summed E-state index contributed by atoms with van der Waals surface area (Å²) in [5.41, 5.74) is 2.40. The van der Waals surface area contributed by atoms with Gasteiger partial charge in [0.1, 0.15) is 0 Å². The normalized spacial score (nSPS) is 22.0. The molecular formula is C17H29N3O2. The van der Waals surface area contributed by atoms with Gasteiger partial charge in [0.25, 0.3) is 0 Å². The topological polar surface area (TPSA) is 67.2 Å². The molecule has 1 saturated carbocycles. The lowest BCUT2D eigenvalue weighted by Crippen LogP contribution is -2.29. The second-order valence-corrected chi connectivity index (χ2v) is 6.30. The van der Waals surface area contributed by atoms with E-state index in [4.69, 9.17) is 5.11 Å². The third-order valence-electron chi connectivity index (χ3n) is 4.96. The van der Waals surface area contributed by atoms with Gasteiger partial charge in [-0.3, -0.25) is 9.48 Å². The summed E-state index contributed by atoms with van der Waals surface area (Å²) in [6.45, 7) is 6.58. The average molecular weight is 307 g/mol. The summed E-state index contributed by atoms with van der Waals surface area (Å²) in [7, 11) is 0. The largest absolute Gasteiger partial charge is 0.481 e. The molecule has 1 fully saturated rings. The summed E-state index contributed by atoms with van der Waals surface area (Å²) < 4.78 is 2.17. The van der Waals surface area contributed by atoms with Gasteiger partial charge in [-0.05, 0) is 44.9 Å². The van der Waals surface area contributed by atoms with Crippen LogP contribution >= 0.6 is 0 Å². The molecule has 1 aromatic rings. The number of nitrogens with zero attached hydrogens (tertiary/aromatic N) is 2. The van der Waals surface area contributed by atoms with Crippen molar-refractivity contribution in [2.24, 2.45) is 5.92 Å². The molecule has 0 atom stereocenters. The van der Waals surface area contributed by atoms with Gasteiger partial charge in [0.05, 0.1) is 29.5 Å². The van der Waals surface area contributed by atoms with Gasteiger partial charge in [0.15, 0.2) is 0 Å². The van der Waals surface area contributed by atoms with Gasteiger partial charge in [-0.25, -0.2) is 0 Å². The van der Waals surface area contributed by atoms with Crippen molar-refractivity contribution in [2.75, 3.05) is 5.32 Å². The van der Waals surface area contributed by atoms with Crippen molar-refractivity contribution in [1.29, 1.82) is 0 Å². The van der Waals surface area contributed by atoms with Crippen molar-refractivity contribution >= 4 is 11.7 Å². The molecule has 22 heavy (non-hydrogen) atoms. The van der Waals surface area contributed by atoms with E-state index < -0.39 is 5.97 Å². The zero-order valence-corrected chi connectivity index (χ0v) is 14.0.